The Morgan fingerprint density at radius 1 is 0.933 bits per heavy atom. The normalized spacial score (nSPS) is 16.0. The van der Waals surface area contributed by atoms with Crippen molar-refractivity contribution in [2.45, 2.75) is 25.2 Å². The van der Waals surface area contributed by atoms with Crippen molar-refractivity contribution in [2.75, 3.05) is 13.1 Å². The van der Waals surface area contributed by atoms with E-state index in [1.165, 1.54) is 11.1 Å². The van der Waals surface area contributed by atoms with Gasteiger partial charge in [0.05, 0.1) is 0 Å². The number of aromatic nitrogens is 4. The average Bonchev–Trinajstić information content (AvgIpc) is 3.22. The summed E-state index contributed by atoms with van der Waals surface area (Å²) in [6.07, 6.45) is 3.73. The highest BCUT2D eigenvalue weighted by molar-refractivity contribution is 5.91. The first-order chi connectivity index (χ1) is 14.7. The number of aryl methyl sites for hydroxylation is 1. The van der Waals surface area contributed by atoms with Crippen LogP contribution in [0.4, 0.5) is 0 Å². The number of rotatable bonds is 3. The van der Waals surface area contributed by atoms with E-state index in [1.54, 1.807) is 4.40 Å². The predicted octanol–water partition coefficient (Wildman–Crippen LogP) is 3.66. The number of fused-ring (bicyclic) bond motifs is 1. The van der Waals surface area contributed by atoms with E-state index in [-0.39, 0.29) is 11.3 Å². The SMILES string of the molecule is Cc1ccn2c(C(=O)N3CCCC(c4ccccc4)(c4ccccc4)C3)nnc2n1. The summed E-state index contributed by atoms with van der Waals surface area (Å²) in [7, 11) is 0. The molecule has 6 nitrogen and oxygen atoms in total. The molecule has 0 spiro atoms. The molecule has 0 atom stereocenters. The van der Waals surface area contributed by atoms with Crippen LogP contribution < -0.4 is 0 Å². The lowest BCUT2D eigenvalue weighted by Crippen LogP contribution is -2.49. The third-order valence-electron chi connectivity index (χ3n) is 6.04. The summed E-state index contributed by atoms with van der Waals surface area (Å²) in [4.78, 5) is 19.8. The monoisotopic (exact) mass is 397 g/mol. The second kappa shape index (κ2) is 7.37. The van der Waals surface area contributed by atoms with Crippen molar-refractivity contribution in [1.82, 2.24) is 24.5 Å². The van der Waals surface area contributed by atoms with Crippen molar-refractivity contribution in [3.05, 3.63) is 95.6 Å². The molecule has 1 aliphatic rings. The average molecular weight is 397 g/mol. The summed E-state index contributed by atoms with van der Waals surface area (Å²) in [6, 6.07) is 22.9. The Morgan fingerprint density at radius 3 is 2.27 bits per heavy atom. The minimum absolute atomic E-state index is 0.107. The van der Waals surface area contributed by atoms with E-state index in [1.807, 2.05) is 36.2 Å². The molecule has 0 unspecified atom stereocenters. The van der Waals surface area contributed by atoms with Crippen LogP contribution in [0.2, 0.25) is 0 Å². The molecule has 3 heterocycles. The van der Waals surface area contributed by atoms with Gasteiger partial charge in [-0.1, -0.05) is 60.7 Å². The maximum Gasteiger partial charge on any atom is 0.292 e. The van der Waals surface area contributed by atoms with Crippen LogP contribution in [0, 0.1) is 6.92 Å². The van der Waals surface area contributed by atoms with Crippen molar-refractivity contribution < 1.29 is 4.79 Å². The lowest BCUT2D eigenvalue weighted by Gasteiger charge is -2.43. The Labute approximate surface area is 175 Å². The molecule has 2 aromatic heterocycles. The van der Waals surface area contributed by atoms with Crippen LogP contribution in [0.15, 0.2) is 72.9 Å². The van der Waals surface area contributed by atoms with Gasteiger partial charge in [-0.2, -0.15) is 0 Å². The van der Waals surface area contributed by atoms with Crippen LogP contribution in [0.5, 0.6) is 0 Å². The maximum absolute atomic E-state index is 13.5. The van der Waals surface area contributed by atoms with Crippen LogP contribution in [-0.4, -0.2) is 43.5 Å². The van der Waals surface area contributed by atoms with E-state index in [4.69, 9.17) is 0 Å². The molecule has 0 N–H and O–H groups in total. The second-order valence-electron chi connectivity index (χ2n) is 7.91. The molecule has 0 saturated carbocycles. The molecular weight excluding hydrogens is 374 g/mol. The Bertz CT molecular complexity index is 1150. The topological polar surface area (TPSA) is 63.4 Å². The molecule has 0 bridgehead atoms. The van der Waals surface area contributed by atoms with Gasteiger partial charge in [0.25, 0.3) is 11.7 Å². The third kappa shape index (κ3) is 3.05. The molecular formula is C24H23N5O. The molecule has 1 amide bonds. The van der Waals surface area contributed by atoms with Crippen LogP contribution >= 0.6 is 0 Å². The van der Waals surface area contributed by atoms with Crippen LogP contribution in [0.1, 0.15) is 40.3 Å². The van der Waals surface area contributed by atoms with Gasteiger partial charge in [-0.25, -0.2) is 4.98 Å². The summed E-state index contributed by atoms with van der Waals surface area (Å²) < 4.78 is 1.68. The fourth-order valence-corrected chi connectivity index (χ4v) is 4.54. The van der Waals surface area contributed by atoms with Gasteiger partial charge >= 0.3 is 0 Å². The molecule has 4 aromatic rings. The number of amides is 1. The van der Waals surface area contributed by atoms with Crippen LogP contribution in [-0.2, 0) is 5.41 Å². The standard InChI is InChI=1S/C24H23N5O/c1-18-13-16-29-21(26-27-23(29)25-18)22(30)28-15-8-14-24(17-28,19-9-4-2-5-10-19)20-11-6-3-7-12-20/h2-7,9-13,16H,8,14-15,17H2,1H3. The smallest absolute Gasteiger partial charge is 0.292 e. The zero-order valence-electron chi connectivity index (χ0n) is 16.9. The number of likely N-dealkylation sites (tertiary alicyclic amines) is 1. The van der Waals surface area contributed by atoms with E-state index < -0.39 is 0 Å². The molecule has 2 aromatic carbocycles. The molecule has 1 fully saturated rings. The van der Waals surface area contributed by atoms with E-state index >= 15 is 0 Å². The summed E-state index contributed by atoms with van der Waals surface area (Å²) in [5.41, 5.74) is 3.07. The fraction of sp³-hybridized carbons (Fsp3) is 0.250. The molecule has 0 aliphatic carbocycles. The number of hydrogen-bond acceptors (Lipinski definition) is 4. The van der Waals surface area contributed by atoms with Crippen molar-refractivity contribution in [1.29, 1.82) is 0 Å². The van der Waals surface area contributed by atoms with Crippen LogP contribution in [0.3, 0.4) is 0 Å². The summed E-state index contributed by atoms with van der Waals surface area (Å²) in [5, 5.41) is 8.27. The Balaban J connectivity index is 1.55. The summed E-state index contributed by atoms with van der Waals surface area (Å²) in [6.45, 7) is 3.21. The van der Waals surface area contributed by atoms with E-state index in [0.29, 0.717) is 24.7 Å². The number of carbonyl (C=O) groups is 1. The number of piperidine rings is 1. The van der Waals surface area contributed by atoms with Crippen LogP contribution in [0.25, 0.3) is 5.78 Å². The fourth-order valence-electron chi connectivity index (χ4n) is 4.54. The van der Waals surface area contributed by atoms with Gasteiger partial charge in [0.2, 0.25) is 5.82 Å². The molecule has 150 valence electrons. The first kappa shape index (κ1) is 18.5. The van der Waals surface area contributed by atoms with Crippen molar-refractivity contribution in [2.24, 2.45) is 0 Å². The Kier molecular flexibility index (Phi) is 4.54. The van der Waals surface area contributed by atoms with Gasteiger partial charge in [0.15, 0.2) is 0 Å². The van der Waals surface area contributed by atoms with Gasteiger partial charge in [-0.15, -0.1) is 10.2 Å². The van der Waals surface area contributed by atoms with E-state index in [0.717, 1.165) is 18.5 Å². The quantitative estimate of drug-likeness (QED) is 0.529. The lowest BCUT2D eigenvalue weighted by atomic mass is 9.69. The molecule has 1 saturated heterocycles. The Morgan fingerprint density at radius 2 is 1.60 bits per heavy atom. The van der Waals surface area contributed by atoms with Crippen molar-refractivity contribution in [3.8, 4) is 0 Å². The summed E-state index contributed by atoms with van der Waals surface area (Å²) >= 11 is 0. The second-order valence-corrected chi connectivity index (χ2v) is 7.91. The summed E-state index contributed by atoms with van der Waals surface area (Å²) in [5.74, 6) is 0.659. The van der Waals surface area contributed by atoms with Gasteiger partial charge in [-0.05, 0) is 37.0 Å². The minimum Gasteiger partial charge on any atom is -0.335 e. The zero-order valence-corrected chi connectivity index (χ0v) is 16.9. The molecule has 5 rings (SSSR count). The van der Waals surface area contributed by atoms with E-state index in [2.05, 4.69) is 63.7 Å². The molecule has 1 aliphatic heterocycles. The van der Waals surface area contributed by atoms with Gasteiger partial charge in [-0.3, -0.25) is 9.20 Å². The van der Waals surface area contributed by atoms with Crippen molar-refractivity contribution in [3.63, 3.8) is 0 Å². The van der Waals surface area contributed by atoms with Gasteiger partial charge < -0.3 is 4.90 Å². The van der Waals surface area contributed by atoms with Crippen molar-refractivity contribution >= 4 is 11.7 Å². The first-order valence-corrected chi connectivity index (χ1v) is 10.3. The molecule has 6 heteroatoms. The minimum atomic E-state index is -0.244. The van der Waals surface area contributed by atoms with Gasteiger partial charge in [0.1, 0.15) is 0 Å². The molecule has 0 radical (unpaired) electrons. The third-order valence-corrected chi connectivity index (χ3v) is 6.04. The zero-order chi connectivity index (χ0) is 20.6. The maximum atomic E-state index is 13.5. The first-order valence-electron chi connectivity index (χ1n) is 10.3. The molecule has 30 heavy (non-hydrogen) atoms. The largest absolute Gasteiger partial charge is 0.335 e. The number of hydrogen-bond donors (Lipinski definition) is 0. The highest BCUT2D eigenvalue weighted by atomic mass is 16.2. The Hall–Kier alpha value is -3.54. The predicted molar refractivity (Wildman–Crippen MR) is 114 cm³/mol. The van der Waals surface area contributed by atoms with E-state index in [9.17, 15) is 4.79 Å². The number of nitrogens with zero attached hydrogens (tertiary/aromatic N) is 5. The number of carbonyl (C=O) groups excluding carboxylic acids is 1. The highest BCUT2D eigenvalue weighted by Gasteiger charge is 2.41. The lowest BCUT2D eigenvalue weighted by molar-refractivity contribution is 0.0652. The van der Waals surface area contributed by atoms with Gasteiger partial charge in [0, 0.05) is 30.4 Å². The number of benzene rings is 2. The highest BCUT2D eigenvalue weighted by Crippen LogP contribution is 2.40.